The van der Waals surface area contributed by atoms with E-state index in [1.165, 1.54) is 63.8 Å². The fourth-order valence-corrected chi connectivity index (χ4v) is 3.48. The maximum atomic E-state index is 5.64. The van der Waals surface area contributed by atoms with Crippen LogP contribution in [0.25, 0.3) is 0 Å². The van der Waals surface area contributed by atoms with Crippen LogP contribution in [-0.2, 0) is 4.43 Å². The highest BCUT2D eigenvalue weighted by Crippen LogP contribution is 2.16. The Morgan fingerprint density at radius 3 is 1.59 bits per heavy atom. The SMILES string of the molecule is CO[Si](C)(C)CCCCCCCCCCCCl. The van der Waals surface area contributed by atoms with Crippen molar-refractivity contribution < 1.29 is 4.43 Å². The fraction of sp³-hybridized carbons (Fsp3) is 1.00. The predicted octanol–water partition coefficient (Wildman–Crippen LogP) is 5.59. The minimum atomic E-state index is -1.28. The Labute approximate surface area is 114 Å². The van der Waals surface area contributed by atoms with Gasteiger partial charge in [-0.1, -0.05) is 51.4 Å². The van der Waals surface area contributed by atoms with Gasteiger partial charge < -0.3 is 4.43 Å². The molecule has 0 aromatic rings. The topological polar surface area (TPSA) is 9.23 Å². The summed E-state index contributed by atoms with van der Waals surface area (Å²) in [6.45, 7) is 4.62. The van der Waals surface area contributed by atoms with Crippen LogP contribution in [0.4, 0.5) is 0 Å². The van der Waals surface area contributed by atoms with Gasteiger partial charge in [0.25, 0.3) is 0 Å². The van der Waals surface area contributed by atoms with Gasteiger partial charge in [0.1, 0.15) is 0 Å². The summed E-state index contributed by atoms with van der Waals surface area (Å²) < 4.78 is 5.55. The predicted molar refractivity (Wildman–Crippen MR) is 81.6 cm³/mol. The van der Waals surface area contributed by atoms with Crippen LogP contribution in [0.3, 0.4) is 0 Å². The van der Waals surface area contributed by atoms with Gasteiger partial charge in [0, 0.05) is 13.0 Å². The number of rotatable bonds is 12. The molecule has 0 atom stereocenters. The zero-order valence-electron chi connectivity index (χ0n) is 12.1. The molecule has 0 rings (SSSR count). The van der Waals surface area contributed by atoms with Gasteiger partial charge in [0.2, 0.25) is 0 Å². The summed E-state index contributed by atoms with van der Waals surface area (Å²) in [7, 11) is 0.588. The van der Waals surface area contributed by atoms with E-state index in [0.29, 0.717) is 0 Å². The highest BCUT2D eigenvalue weighted by molar-refractivity contribution is 6.71. The molecule has 0 amide bonds. The molecule has 0 saturated heterocycles. The molecule has 0 aromatic heterocycles. The van der Waals surface area contributed by atoms with Crippen molar-refractivity contribution >= 4 is 19.9 Å². The fourth-order valence-electron chi connectivity index (χ4n) is 1.98. The lowest BCUT2D eigenvalue weighted by molar-refractivity contribution is 0.400. The van der Waals surface area contributed by atoms with Gasteiger partial charge >= 0.3 is 0 Å². The molecule has 0 aliphatic rings. The van der Waals surface area contributed by atoms with E-state index < -0.39 is 8.32 Å². The zero-order valence-corrected chi connectivity index (χ0v) is 13.8. The van der Waals surface area contributed by atoms with E-state index in [4.69, 9.17) is 16.0 Å². The molecular weight excluding hydrogens is 248 g/mol. The Kier molecular flexibility index (Phi) is 11.9. The summed E-state index contributed by atoms with van der Waals surface area (Å²) in [6.07, 6.45) is 12.3. The van der Waals surface area contributed by atoms with E-state index in [2.05, 4.69) is 13.1 Å². The van der Waals surface area contributed by atoms with E-state index in [-0.39, 0.29) is 0 Å². The first-order valence-electron chi connectivity index (χ1n) is 7.23. The summed E-state index contributed by atoms with van der Waals surface area (Å²) in [4.78, 5) is 0. The van der Waals surface area contributed by atoms with Crippen molar-refractivity contribution in [1.29, 1.82) is 0 Å². The van der Waals surface area contributed by atoms with Crippen molar-refractivity contribution in [2.45, 2.75) is 76.9 Å². The molecule has 104 valence electrons. The summed E-state index contributed by atoms with van der Waals surface area (Å²) >= 11 is 5.64. The minimum absolute atomic E-state index is 0.833. The smallest absolute Gasteiger partial charge is 0.186 e. The standard InChI is InChI=1S/C14H31ClOSi/c1-16-17(2,3)14-12-10-8-6-4-5-7-9-11-13-15/h4-14H2,1-3H3. The molecule has 0 N–H and O–H groups in total. The van der Waals surface area contributed by atoms with Gasteiger partial charge in [0.15, 0.2) is 8.32 Å². The van der Waals surface area contributed by atoms with Gasteiger partial charge in [0.05, 0.1) is 0 Å². The molecule has 0 saturated carbocycles. The summed E-state index contributed by atoms with van der Waals surface area (Å²) in [5, 5.41) is 0. The van der Waals surface area contributed by atoms with Gasteiger partial charge in [-0.25, -0.2) is 0 Å². The molecule has 0 aliphatic heterocycles. The van der Waals surface area contributed by atoms with Crippen molar-refractivity contribution in [3.63, 3.8) is 0 Å². The first-order chi connectivity index (χ1) is 8.12. The maximum absolute atomic E-state index is 5.64. The number of unbranched alkanes of at least 4 members (excludes halogenated alkanes) is 8. The number of hydrogen-bond donors (Lipinski definition) is 0. The lowest BCUT2D eigenvalue weighted by Gasteiger charge is -2.19. The molecule has 1 nitrogen and oxygen atoms in total. The average molecular weight is 279 g/mol. The Morgan fingerprint density at radius 1 is 0.765 bits per heavy atom. The third kappa shape index (κ3) is 12.7. The lowest BCUT2D eigenvalue weighted by Crippen LogP contribution is -2.27. The molecule has 0 unspecified atom stereocenters. The van der Waals surface area contributed by atoms with Gasteiger partial charge in [-0.2, -0.15) is 0 Å². The van der Waals surface area contributed by atoms with Gasteiger partial charge in [-0.3, -0.25) is 0 Å². The van der Waals surface area contributed by atoms with E-state index >= 15 is 0 Å². The third-order valence-corrected chi connectivity index (χ3v) is 6.40. The van der Waals surface area contributed by atoms with E-state index in [1.807, 2.05) is 7.11 Å². The van der Waals surface area contributed by atoms with Crippen molar-refractivity contribution in [1.82, 2.24) is 0 Å². The number of alkyl halides is 1. The quantitative estimate of drug-likeness (QED) is 0.257. The van der Waals surface area contributed by atoms with Crippen LogP contribution in [0.15, 0.2) is 0 Å². The van der Waals surface area contributed by atoms with E-state index in [1.54, 1.807) is 0 Å². The van der Waals surface area contributed by atoms with Crippen LogP contribution in [0.1, 0.15) is 57.8 Å². The van der Waals surface area contributed by atoms with Gasteiger partial charge in [-0.15, -0.1) is 11.6 Å². The van der Waals surface area contributed by atoms with E-state index in [0.717, 1.165) is 5.88 Å². The molecule has 17 heavy (non-hydrogen) atoms. The zero-order chi connectivity index (χ0) is 13.0. The molecule has 0 aromatic carbocycles. The molecule has 0 spiro atoms. The third-order valence-electron chi connectivity index (χ3n) is 3.47. The van der Waals surface area contributed by atoms with Crippen LogP contribution >= 0.6 is 11.6 Å². The second-order valence-electron chi connectivity index (χ2n) is 5.58. The Hall–Kier alpha value is 0.467. The first-order valence-corrected chi connectivity index (χ1v) is 10.9. The lowest BCUT2D eigenvalue weighted by atomic mass is 10.1. The van der Waals surface area contributed by atoms with Crippen molar-refractivity contribution in [2.75, 3.05) is 13.0 Å². The number of halogens is 1. The molecule has 0 heterocycles. The highest BCUT2D eigenvalue weighted by atomic mass is 35.5. The Bertz CT molecular complexity index is 162. The van der Waals surface area contributed by atoms with E-state index in [9.17, 15) is 0 Å². The van der Waals surface area contributed by atoms with Crippen LogP contribution in [0, 0.1) is 0 Å². The van der Waals surface area contributed by atoms with Crippen molar-refractivity contribution in [3.05, 3.63) is 0 Å². The maximum Gasteiger partial charge on any atom is 0.186 e. The van der Waals surface area contributed by atoms with Crippen LogP contribution in [0.5, 0.6) is 0 Å². The molecule has 0 fully saturated rings. The monoisotopic (exact) mass is 278 g/mol. The number of hydrogen-bond acceptors (Lipinski definition) is 1. The largest absolute Gasteiger partial charge is 0.420 e. The molecule has 0 bridgehead atoms. The molecule has 3 heteroatoms. The van der Waals surface area contributed by atoms with Gasteiger partial charge in [-0.05, 0) is 25.6 Å². The van der Waals surface area contributed by atoms with Crippen LogP contribution < -0.4 is 0 Å². The molecule has 0 aliphatic carbocycles. The summed E-state index contributed by atoms with van der Waals surface area (Å²) in [5.74, 6) is 0.833. The highest BCUT2D eigenvalue weighted by Gasteiger charge is 2.18. The minimum Gasteiger partial charge on any atom is -0.420 e. The van der Waals surface area contributed by atoms with Crippen molar-refractivity contribution in [3.8, 4) is 0 Å². The Balaban J connectivity index is 3.09. The summed E-state index contributed by atoms with van der Waals surface area (Å²) in [5.41, 5.74) is 0. The van der Waals surface area contributed by atoms with Crippen LogP contribution in [0.2, 0.25) is 19.1 Å². The normalized spacial score (nSPS) is 12.0. The molecular formula is C14H31ClOSi. The summed E-state index contributed by atoms with van der Waals surface area (Å²) in [6, 6.07) is 1.32. The average Bonchev–Trinajstić information content (AvgIpc) is 2.31. The second-order valence-corrected chi connectivity index (χ2v) is 10.4. The first kappa shape index (κ1) is 17.5. The second kappa shape index (κ2) is 11.6. The van der Waals surface area contributed by atoms with Crippen LogP contribution in [-0.4, -0.2) is 21.3 Å². The Morgan fingerprint density at radius 2 is 1.18 bits per heavy atom. The van der Waals surface area contributed by atoms with Crippen molar-refractivity contribution in [2.24, 2.45) is 0 Å². The molecule has 0 radical (unpaired) electrons.